The summed E-state index contributed by atoms with van der Waals surface area (Å²) in [6, 6.07) is 0. The van der Waals surface area contributed by atoms with E-state index in [4.69, 9.17) is 0 Å². The van der Waals surface area contributed by atoms with Crippen molar-refractivity contribution >= 4 is 11.8 Å². The minimum Gasteiger partial charge on any atom is -0.481 e. The largest absolute Gasteiger partial charge is 0.481 e. The Hall–Kier alpha value is -0.860. The van der Waals surface area contributed by atoms with Gasteiger partial charge in [-0.3, -0.25) is 9.59 Å². The standard InChI is InChI=1S/C11H20O3/c1-5-9(8(4)12)11(6-2,7-3)10(13)14/h9H,5-7H2,1-4H3,(H,13,14). The minimum atomic E-state index is -0.861. The average Bonchev–Trinajstić information content (AvgIpc) is 2.12. The van der Waals surface area contributed by atoms with E-state index in [1.54, 1.807) is 0 Å². The van der Waals surface area contributed by atoms with Gasteiger partial charge in [0.2, 0.25) is 0 Å². The number of carbonyl (C=O) groups is 2. The molecule has 0 aromatic rings. The van der Waals surface area contributed by atoms with E-state index in [2.05, 4.69) is 0 Å². The highest BCUT2D eigenvalue weighted by atomic mass is 16.4. The fraction of sp³-hybridized carbons (Fsp3) is 0.818. The van der Waals surface area contributed by atoms with E-state index in [0.29, 0.717) is 19.3 Å². The van der Waals surface area contributed by atoms with Crippen molar-refractivity contribution in [2.75, 3.05) is 0 Å². The zero-order valence-electron chi connectivity index (χ0n) is 9.46. The summed E-state index contributed by atoms with van der Waals surface area (Å²) in [7, 11) is 0. The second-order valence-electron chi connectivity index (χ2n) is 3.74. The summed E-state index contributed by atoms with van der Waals surface area (Å²) in [5.74, 6) is -1.21. The molecule has 0 saturated heterocycles. The van der Waals surface area contributed by atoms with Gasteiger partial charge in [-0.25, -0.2) is 0 Å². The first-order valence-electron chi connectivity index (χ1n) is 5.20. The van der Waals surface area contributed by atoms with Gasteiger partial charge in [0.05, 0.1) is 5.41 Å². The molecule has 0 spiro atoms. The van der Waals surface area contributed by atoms with Gasteiger partial charge in [0.1, 0.15) is 5.78 Å². The lowest BCUT2D eigenvalue weighted by molar-refractivity contribution is -0.156. The summed E-state index contributed by atoms with van der Waals surface area (Å²) < 4.78 is 0. The van der Waals surface area contributed by atoms with Crippen molar-refractivity contribution < 1.29 is 14.7 Å². The Bertz CT molecular complexity index is 217. The number of rotatable bonds is 6. The number of carboxylic acid groups (broad SMARTS) is 1. The zero-order valence-corrected chi connectivity index (χ0v) is 9.46. The maximum absolute atomic E-state index is 11.4. The second-order valence-corrected chi connectivity index (χ2v) is 3.74. The molecule has 3 heteroatoms. The van der Waals surface area contributed by atoms with Crippen molar-refractivity contribution in [1.82, 2.24) is 0 Å². The van der Waals surface area contributed by atoms with Crippen LogP contribution in [0.4, 0.5) is 0 Å². The van der Waals surface area contributed by atoms with Gasteiger partial charge >= 0.3 is 5.97 Å². The predicted molar refractivity (Wildman–Crippen MR) is 55.1 cm³/mol. The van der Waals surface area contributed by atoms with Gasteiger partial charge in [-0.1, -0.05) is 20.8 Å². The van der Waals surface area contributed by atoms with Crippen LogP contribution >= 0.6 is 0 Å². The summed E-state index contributed by atoms with van der Waals surface area (Å²) >= 11 is 0. The quantitative estimate of drug-likeness (QED) is 0.716. The molecule has 0 radical (unpaired) electrons. The molecule has 3 nitrogen and oxygen atoms in total. The molecule has 0 aliphatic carbocycles. The van der Waals surface area contributed by atoms with Crippen molar-refractivity contribution in [3.8, 4) is 0 Å². The van der Waals surface area contributed by atoms with Crippen LogP contribution in [0.5, 0.6) is 0 Å². The summed E-state index contributed by atoms with van der Waals surface area (Å²) in [6.45, 7) is 7.03. The first-order valence-corrected chi connectivity index (χ1v) is 5.20. The lowest BCUT2D eigenvalue weighted by atomic mass is 9.68. The predicted octanol–water partition coefficient (Wildman–Crippen LogP) is 2.49. The fourth-order valence-corrected chi connectivity index (χ4v) is 2.26. The average molecular weight is 200 g/mol. The SMILES string of the molecule is CCC(C(C)=O)C(CC)(CC)C(=O)O. The fourth-order valence-electron chi connectivity index (χ4n) is 2.26. The highest BCUT2D eigenvalue weighted by Gasteiger charge is 2.44. The smallest absolute Gasteiger partial charge is 0.310 e. The van der Waals surface area contributed by atoms with Crippen molar-refractivity contribution in [3.63, 3.8) is 0 Å². The molecule has 82 valence electrons. The van der Waals surface area contributed by atoms with Crippen LogP contribution in [-0.4, -0.2) is 16.9 Å². The molecule has 0 heterocycles. The Balaban J connectivity index is 5.13. The normalized spacial score (nSPS) is 13.7. The number of hydrogen-bond acceptors (Lipinski definition) is 2. The van der Waals surface area contributed by atoms with Gasteiger partial charge in [-0.05, 0) is 26.2 Å². The van der Waals surface area contributed by atoms with Crippen LogP contribution in [0.1, 0.15) is 47.0 Å². The van der Waals surface area contributed by atoms with Gasteiger partial charge in [0.15, 0.2) is 0 Å². The molecule has 0 aliphatic heterocycles. The summed E-state index contributed by atoms with van der Waals surface area (Å²) in [6.07, 6.45) is 1.62. The number of Topliss-reactive ketones (excluding diaryl/α,β-unsaturated/α-hetero) is 1. The van der Waals surface area contributed by atoms with Gasteiger partial charge in [0, 0.05) is 5.92 Å². The zero-order chi connectivity index (χ0) is 11.4. The van der Waals surface area contributed by atoms with Crippen LogP contribution in [0.15, 0.2) is 0 Å². The molecule has 1 atom stereocenters. The van der Waals surface area contributed by atoms with E-state index in [0.717, 1.165) is 0 Å². The van der Waals surface area contributed by atoms with Crippen LogP contribution in [0, 0.1) is 11.3 Å². The molecule has 0 aromatic heterocycles. The molecular formula is C11H20O3. The molecule has 14 heavy (non-hydrogen) atoms. The molecule has 0 amide bonds. The second kappa shape index (κ2) is 5.13. The Morgan fingerprint density at radius 2 is 1.64 bits per heavy atom. The molecule has 0 bridgehead atoms. The van der Waals surface area contributed by atoms with E-state index in [9.17, 15) is 14.7 Å². The molecular weight excluding hydrogens is 180 g/mol. The molecule has 1 unspecified atom stereocenters. The number of hydrogen-bond donors (Lipinski definition) is 1. The third-order valence-electron chi connectivity index (χ3n) is 3.25. The Kier molecular flexibility index (Phi) is 4.81. The van der Waals surface area contributed by atoms with Gasteiger partial charge < -0.3 is 5.11 Å². The topological polar surface area (TPSA) is 54.4 Å². The maximum atomic E-state index is 11.4. The number of ketones is 1. The van der Waals surface area contributed by atoms with Crippen molar-refractivity contribution in [2.24, 2.45) is 11.3 Å². The third kappa shape index (κ3) is 2.14. The summed E-state index contributed by atoms with van der Waals surface area (Å²) in [5.41, 5.74) is -0.861. The van der Waals surface area contributed by atoms with Crippen LogP contribution in [0.25, 0.3) is 0 Å². The molecule has 0 aromatic carbocycles. The van der Waals surface area contributed by atoms with Gasteiger partial charge in [-0.2, -0.15) is 0 Å². The van der Waals surface area contributed by atoms with Crippen LogP contribution in [0.3, 0.4) is 0 Å². The minimum absolute atomic E-state index is 0.0152. The highest BCUT2D eigenvalue weighted by Crippen LogP contribution is 2.38. The number of aliphatic carboxylic acids is 1. The maximum Gasteiger partial charge on any atom is 0.310 e. The van der Waals surface area contributed by atoms with Crippen molar-refractivity contribution in [3.05, 3.63) is 0 Å². The monoisotopic (exact) mass is 200 g/mol. The molecule has 0 aliphatic rings. The van der Waals surface area contributed by atoms with E-state index in [1.807, 2.05) is 20.8 Å². The van der Waals surface area contributed by atoms with Gasteiger partial charge in [0.25, 0.3) is 0 Å². The molecule has 0 saturated carbocycles. The summed E-state index contributed by atoms with van der Waals surface area (Å²) in [5, 5.41) is 9.22. The van der Waals surface area contributed by atoms with E-state index in [1.165, 1.54) is 6.92 Å². The molecule has 0 fully saturated rings. The van der Waals surface area contributed by atoms with E-state index < -0.39 is 11.4 Å². The molecule has 0 rings (SSSR count). The first-order chi connectivity index (χ1) is 6.46. The van der Waals surface area contributed by atoms with E-state index >= 15 is 0 Å². The number of carboxylic acids is 1. The van der Waals surface area contributed by atoms with Crippen LogP contribution < -0.4 is 0 Å². The van der Waals surface area contributed by atoms with Crippen molar-refractivity contribution in [1.29, 1.82) is 0 Å². The third-order valence-corrected chi connectivity index (χ3v) is 3.25. The van der Waals surface area contributed by atoms with E-state index in [-0.39, 0.29) is 11.7 Å². The molecule has 1 N–H and O–H groups in total. The van der Waals surface area contributed by atoms with Crippen LogP contribution in [-0.2, 0) is 9.59 Å². The lowest BCUT2D eigenvalue weighted by Crippen LogP contribution is -2.40. The van der Waals surface area contributed by atoms with Crippen LogP contribution in [0.2, 0.25) is 0 Å². The first kappa shape index (κ1) is 13.1. The Labute approximate surface area is 85.5 Å². The van der Waals surface area contributed by atoms with Gasteiger partial charge in [-0.15, -0.1) is 0 Å². The lowest BCUT2D eigenvalue weighted by Gasteiger charge is -2.33. The summed E-state index contributed by atoms with van der Waals surface area (Å²) in [4.78, 5) is 22.6. The highest BCUT2D eigenvalue weighted by molar-refractivity contribution is 5.87. The van der Waals surface area contributed by atoms with Crippen molar-refractivity contribution in [2.45, 2.75) is 47.0 Å². The Morgan fingerprint density at radius 3 is 1.71 bits per heavy atom. The number of carbonyl (C=O) groups excluding carboxylic acids is 1. The Morgan fingerprint density at radius 1 is 1.21 bits per heavy atom.